The normalized spacial score (nSPS) is 11.7. The third kappa shape index (κ3) is 4.96. The van der Waals surface area contributed by atoms with E-state index in [1.807, 2.05) is 0 Å². The number of nitrogens with zero attached hydrogens (tertiary/aromatic N) is 1. The molecule has 3 rings (SSSR count). The highest BCUT2D eigenvalue weighted by Crippen LogP contribution is 2.20. The fourth-order valence-corrected chi connectivity index (χ4v) is 3.05. The van der Waals surface area contributed by atoms with E-state index in [1.54, 1.807) is 16.7 Å². The van der Waals surface area contributed by atoms with Crippen LogP contribution in [0.2, 0.25) is 0 Å². The van der Waals surface area contributed by atoms with Gasteiger partial charge >= 0.3 is 11.9 Å². The number of hydrogen-bond acceptors (Lipinski definition) is 5. The SMILES string of the molecule is O=C(O)/C=C/c1ccc2c(c1)c(=O)c(/C(O)=C/C(=O)C(=O)O)cn2Cc1ccc(F)cc1. The number of fused-ring (bicyclic) bond motifs is 1. The minimum Gasteiger partial charge on any atom is -0.507 e. The van der Waals surface area contributed by atoms with Gasteiger partial charge in [0.15, 0.2) is 5.43 Å². The first-order chi connectivity index (χ1) is 15.2. The second kappa shape index (κ2) is 9.09. The molecule has 1 heterocycles. The van der Waals surface area contributed by atoms with Gasteiger partial charge in [0.25, 0.3) is 5.78 Å². The summed E-state index contributed by atoms with van der Waals surface area (Å²) in [7, 11) is 0. The Bertz CT molecular complexity index is 1350. The molecule has 32 heavy (non-hydrogen) atoms. The largest absolute Gasteiger partial charge is 0.507 e. The van der Waals surface area contributed by atoms with Crippen LogP contribution in [0.15, 0.2) is 65.6 Å². The van der Waals surface area contributed by atoms with Crippen molar-refractivity contribution in [3.63, 3.8) is 0 Å². The number of aliphatic carboxylic acids is 2. The molecule has 0 saturated carbocycles. The number of rotatable bonds is 7. The minimum atomic E-state index is -1.80. The Kier molecular flexibility index (Phi) is 6.29. The van der Waals surface area contributed by atoms with E-state index in [9.17, 15) is 28.7 Å². The fourth-order valence-electron chi connectivity index (χ4n) is 3.05. The molecule has 0 saturated heterocycles. The van der Waals surface area contributed by atoms with Gasteiger partial charge in [-0.25, -0.2) is 14.0 Å². The number of carbonyl (C=O) groups is 3. The maximum atomic E-state index is 13.2. The Hall–Kier alpha value is -4.53. The maximum Gasteiger partial charge on any atom is 0.376 e. The third-order valence-corrected chi connectivity index (χ3v) is 4.54. The Morgan fingerprint density at radius 1 is 1.00 bits per heavy atom. The Labute approximate surface area is 179 Å². The van der Waals surface area contributed by atoms with Crippen LogP contribution in [0, 0.1) is 5.82 Å². The van der Waals surface area contributed by atoms with Crippen LogP contribution >= 0.6 is 0 Å². The average Bonchev–Trinajstić information content (AvgIpc) is 2.75. The number of aliphatic hydroxyl groups excluding tert-OH is 1. The zero-order chi connectivity index (χ0) is 23.4. The van der Waals surface area contributed by atoms with Gasteiger partial charge in [0.05, 0.1) is 11.1 Å². The van der Waals surface area contributed by atoms with Crippen molar-refractivity contribution in [3.05, 3.63) is 93.5 Å². The number of benzene rings is 2. The van der Waals surface area contributed by atoms with Crippen molar-refractivity contribution in [3.8, 4) is 0 Å². The molecule has 9 heteroatoms. The lowest BCUT2D eigenvalue weighted by atomic mass is 10.1. The summed E-state index contributed by atoms with van der Waals surface area (Å²) < 4.78 is 14.8. The highest BCUT2D eigenvalue weighted by atomic mass is 19.1. The summed E-state index contributed by atoms with van der Waals surface area (Å²) in [5.74, 6) is -5.65. The highest BCUT2D eigenvalue weighted by molar-refractivity contribution is 6.38. The number of aromatic nitrogens is 1. The minimum absolute atomic E-state index is 0.0971. The molecule has 1 aromatic heterocycles. The van der Waals surface area contributed by atoms with E-state index in [0.29, 0.717) is 22.7 Å². The number of carbonyl (C=O) groups excluding carboxylic acids is 1. The fraction of sp³-hybridized carbons (Fsp3) is 0.0435. The van der Waals surface area contributed by atoms with Gasteiger partial charge in [-0.3, -0.25) is 9.59 Å². The number of ketones is 1. The molecule has 8 nitrogen and oxygen atoms in total. The standard InChI is InChI=1S/C23H16FNO7/c24-15-5-1-14(2-6-15)11-25-12-17(19(26)10-20(27)23(31)32)22(30)16-9-13(3-7-18(16)25)4-8-21(28)29/h1-10,12,26H,11H2,(H,28,29)(H,31,32)/b8-4+,19-10-. The van der Waals surface area contributed by atoms with Crippen molar-refractivity contribution >= 4 is 40.5 Å². The second-order valence-corrected chi connectivity index (χ2v) is 6.77. The molecule has 0 aliphatic rings. The van der Waals surface area contributed by atoms with Gasteiger partial charge in [0, 0.05) is 30.3 Å². The summed E-state index contributed by atoms with van der Waals surface area (Å²) in [4.78, 5) is 46.0. The maximum absolute atomic E-state index is 13.2. The predicted octanol–water partition coefficient (Wildman–Crippen LogP) is 2.84. The molecule has 0 atom stereocenters. The van der Waals surface area contributed by atoms with E-state index in [1.165, 1.54) is 42.6 Å². The van der Waals surface area contributed by atoms with E-state index in [0.717, 1.165) is 6.08 Å². The summed E-state index contributed by atoms with van der Waals surface area (Å²) in [6.07, 6.45) is 3.87. The summed E-state index contributed by atoms with van der Waals surface area (Å²) in [5.41, 5.74) is 0.476. The molecule has 0 aliphatic heterocycles. The Morgan fingerprint density at radius 3 is 2.31 bits per heavy atom. The van der Waals surface area contributed by atoms with E-state index >= 15 is 0 Å². The van der Waals surface area contributed by atoms with Gasteiger partial charge in [-0.2, -0.15) is 0 Å². The zero-order valence-electron chi connectivity index (χ0n) is 16.4. The van der Waals surface area contributed by atoms with Crippen LogP contribution in [0.4, 0.5) is 4.39 Å². The van der Waals surface area contributed by atoms with E-state index in [-0.39, 0.29) is 17.5 Å². The van der Waals surface area contributed by atoms with Crippen LogP contribution in [0.1, 0.15) is 16.7 Å². The van der Waals surface area contributed by atoms with Gasteiger partial charge in [0.2, 0.25) is 0 Å². The van der Waals surface area contributed by atoms with Crippen molar-refractivity contribution in [1.82, 2.24) is 4.57 Å². The topological polar surface area (TPSA) is 134 Å². The molecule has 0 unspecified atom stereocenters. The molecule has 3 N–H and O–H groups in total. The summed E-state index contributed by atoms with van der Waals surface area (Å²) >= 11 is 0. The lowest BCUT2D eigenvalue weighted by Gasteiger charge is -2.14. The van der Waals surface area contributed by atoms with Crippen LogP contribution in [-0.2, 0) is 20.9 Å². The van der Waals surface area contributed by atoms with Crippen LogP contribution < -0.4 is 5.43 Å². The molecule has 0 fully saturated rings. The van der Waals surface area contributed by atoms with Crippen molar-refractivity contribution in [2.75, 3.05) is 0 Å². The first-order valence-corrected chi connectivity index (χ1v) is 9.16. The number of aliphatic hydroxyl groups is 1. The van der Waals surface area contributed by atoms with Gasteiger partial charge in [0.1, 0.15) is 11.6 Å². The smallest absolute Gasteiger partial charge is 0.376 e. The van der Waals surface area contributed by atoms with Crippen molar-refractivity contribution < 1.29 is 34.1 Å². The molecule has 0 spiro atoms. The number of carboxylic acids is 2. The van der Waals surface area contributed by atoms with Gasteiger partial charge in [-0.15, -0.1) is 0 Å². The van der Waals surface area contributed by atoms with Crippen LogP contribution in [0.3, 0.4) is 0 Å². The van der Waals surface area contributed by atoms with Gasteiger partial charge in [-0.1, -0.05) is 18.2 Å². The summed E-state index contributed by atoms with van der Waals surface area (Å²) in [5, 5.41) is 27.9. The summed E-state index contributed by atoms with van der Waals surface area (Å²) in [6.45, 7) is 0.161. The van der Waals surface area contributed by atoms with Crippen molar-refractivity contribution in [2.45, 2.75) is 6.54 Å². The molecule has 2 aromatic carbocycles. The van der Waals surface area contributed by atoms with E-state index in [2.05, 4.69) is 0 Å². The quantitative estimate of drug-likeness (QED) is 0.294. The molecule has 3 aromatic rings. The molecule has 0 aliphatic carbocycles. The molecule has 0 radical (unpaired) electrons. The van der Waals surface area contributed by atoms with Crippen LogP contribution in [0.25, 0.3) is 22.7 Å². The number of carboxylic acid groups (broad SMARTS) is 2. The molecular formula is C23H16FNO7. The number of halogens is 1. The molecule has 162 valence electrons. The number of hydrogen-bond donors (Lipinski definition) is 3. The Morgan fingerprint density at radius 2 is 1.69 bits per heavy atom. The third-order valence-electron chi connectivity index (χ3n) is 4.54. The lowest BCUT2D eigenvalue weighted by molar-refractivity contribution is -0.146. The first kappa shape index (κ1) is 22.2. The van der Waals surface area contributed by atoms with Gasteiger partial charge in [-0.05, 0) is 41.5 Å². The Balaban J connectivity index is 2.23. The first-order valence-electron chi connectivity index (χ1n) is 9.16. The molecule has 0 bridgehead atoms. The molecule has 0 amide bonds. The van der Waals surface area contributed by atoms with Crippen molar-refractivity contribution in [1.29, 1.82) is 0 Å². The highest BCUT2D eigenvalue weighted by Gasteiger charge is 2.16. The molecular weight excluding hydrogens is 421 g/mol. The van der Waals surface area contributed by atoms with E-state index < -0.39 is 34.7 Å². The zero-order valence-corrected chi connectivity index (χ0v) is 16.4. The summed E-state index contributed by atoms with van der Waals surface area (Å²) in [6, 6.07) is 10.2. The average molecular weight is 437 g/mol. The van der Waals surface area contributed by atoms with Crippen molar-refractivity contribution in [2.24, 2.45) is 0 Å². The lowest BCUT2D eigenvalue weighted by Crippen LogP contribution is -2.17. The van der Waals surface area contributed by atoms with Crippen LogP contribution in [-0.4, -0.2) is 37.6 Å². The second-order valence-electron chi connectivity index (χ2n) is 6.77. The van der Waals surface area contributed by atoms with Crippen LogP contribution in [0.5, 0.6) is 0 Å². The van der Waals surface area contributed by atoms with E-state index in [4.69, 9.17) is 10.2 Å². The predicted molar refractivity (Wildman–Crippen MR) is 114 cm³/mol. The van der Waals surface area contributed by atoms with Gasteiger partial charge < -0.3 is 19.9 Å². The number of pyridine rings is 1. The monoisotopic (exact) mass is 437 g/mol.